The van der Waals surface area contributed by atoms with Gasteiger partial charge in [-0.2, -0.15) is 0 Å². The lowest BCUT2D eigenvalue weighted by molar-refractivity contribution is 0.102. The molecule has 3 aromatic rings. The second kappa shape index (κ2) is 7.82. The van der Waals surface area contributed by atoms with Crippen molar-refractivity contribution in [2.45, 2.75) is 33.6 Å². The van der Waals surface area contributed by atoms with E-state index in [0.29, 0.717) is 17.3 Å². The van der Waals surface area contributed by atoms with E-state index >= 15 is 0 Å². The first-order valence-electron chi connectivity index (χ1n) is 8.69. The Kier molecular flexibility index (Phi) is 5.31. The molecule has 134 valence electrons. The topological polar surface area (TPSA) is 80.0 Å². The zero-order valence-electron chi connectivity index (χ0n) is 15.2. The molecule has 6 nitrogen and oxygen atoms in total. The summed E-state index contributed by atoms with van der Waals surface area (Å²) in [7, 11) is 0. The monoisotopic (exact) mass is 350 g/mol. The maximum atomic E-state index is 12.2. The Hall–Kier alpha value is -3.15. The Morgan fingerprint density at radius 2 is 1.85 bits per heavy atom. The summed E-state index contributed by atoms with van der Waals surface area (Å²) in [5.74, 6) is 0.683. The minimum atomic E-state index is -0.326. The lowest BCUT2D eigenvalue weighted by atomic mass is 10.0. The number of pyridine rings is 1. The number of hydrogen-bond donors (Lipinski definition) is 2. The summed E-state index contributed by atoms with van der Waals surface area (Å²) >= 11 is 0. The van der Waals surface area contributed by atoms with Crippen LogP contribution in [0.25, 0.3) is 0 Å². The second-order valence-electron chi connectivity index (χ2n) is 5.99. The number of hydrogen-bond acceptors (Lipinski definition) is 5. The van der Waals surface area contributed by atoms with Gasteiger partial charge in [-0.15, -0.1) is 0 Å². The number of nitrogens with zero attached hydrogens (tertiary/aromatic N) is 2. The maximum absolute atomic E-state index is 12.2. The highest BCUT2D eigenvalue weighted by Gasteiger charge is 2.11. The van der Waals surface area contributed by atoms with E-state index < -0.39 is 0 Å². The fraction of sp³-hybridized carbons (Fsp3) is 0.250. The number of para-hydroxylation sites is 1. The molecule has 0 saturated carbocycles. The lowest BCUT2D eigenvalue weighted by Crippen LogP contribution is -2.13. The van der Waals surface area contributed by atoms with Crippen molar-refractivity contribution < 1.29 is 9.32 Å². The van der Waals surface area contributed by atoms with Crippen molar-refractivity contribution in [1.82, 2.24) is 10.1 Å². The number of carbonyl (C=O) groups is 1. The summed E-state index contributed by atoms with van der Waals surface area (Å²) in [5, 5.41) is 9.84. The van der Waals surface area contributed by atoms with Crippen LogP contribution in [-0.4, -0.2) is 16.0 Å². The first-order chi connectivity index (χ1) is 12.6. The van der Waals surface area contributed by atoms with Gasteiger partial charge >= 0.3 is 0 Å². The van der Waals surface area contributed by atoms with Crippen LogP contribution in [0.3, 0.4) is 0 Å². The van der Waals surface area contributed by atoms with Crippen LogP contribution < -0.4 is 10.6 Å². The van der Waals surface area contributed by atoms with E-state index in [4.69, 9.17) is 4.52 Å². The third-order valence-corrected chi connectivity index (χ3v) is 4.13. The highest BCUT2D eigenvalue weighted by molar-refractivity contribution is 6.02. The third-order valence-electron chi connectivity index (χ3n) is 4.13. The van der Waals surface area contributed by atoms with Gasteiger partial charge in [-0.05, 0) is 43.0 Å². The van der Waals surface area contributed by atoms with E-state index in [1.165, 1.54) is 11.1 Å². The molecule has 0 saturated heterocycles. The highest BCUT2D eigenvalue weighted by Crippen LogP contribution is 2.26. The van der Waals surface area contributed by atoms with E-state index in [-0.39, 0.29) is 5.91 Å². The van der Waals surface area contributed by atoms with Gasteiger partial charge in [-0.3, -0.25) is 4.79 Å². The van der Waals surface area contributed by atoms with Crippen LogP contribution in [0, 0.1) is 6.92 Å². The quantitative estimate of drug-likeness (QED) is 0.684. The molecule has 1 amide bonds. The van der Waals surface area contributed by atoms with E-state index in [1.807, 2.05) is 6.07 Å². The largest absolute Gasteiger partial charge is 0.360 e. The smallest absolute Gasteiger partial charge is 0.275 e. The maximum Gasteiger partial charge on any atom is 0.275 e. The van der Waals surface area contributed by atoms with Gasteiger partial charge < -0.3 is 15.2 Å². The molecule has 0 aliphatic rings. The average molecular weight is 350 g/mol. The minimum Gasteiger partial charge on any atom is -0.360 e. The molecule has 6 heteroatoms. The average Bonchev–Trinajstić information content (AvgIpc) is 3.07. The molecule has 0 unspecified atom stereocenters. The summed E-state index contributed by atoms with van der Waals surface area (Å²) in [5.41, 5.74) is 4.79. The van der Waals surface area contributed by atoms with Gasteiger partial charge in [0.05, 0.1) is 11.9 Å². The van der Waals surface area contributed by atoms with Gasteiger partial charge in [0.15, 0.2) is 5.82 Å². The van der Waals surface area contributed by atoms with Crippen LogP contribution in [-0.2, 0) is 12.8 Å². The molecule has 26 heavy (non-hydrogen) atoms. The standard InChI is InChI=1S/C20H22N4O2/c1-4-14-7-6-8-15(5-2)19(14)22-16-9-10-17(21-12-16)20(25)23-18-11-13(3)26-24-18/h6-12,22H,4-5H2,1-3H3,(H,23,24,25). The van der Waals surface area contributed by atoms with Gasteiger partial charge in [0, 0.05) is 11.8 Å². The molecule has 0 radical (unpaired) electrons. The van der Waals surface area contributed by atoms with E-state index in [9.17, 15) is 4.79 Å². The second-order valence-corrected chi connectivity index (χ2v) is 5.99. The number of aromatic nitrogens is 2. The Balaban J connectivity index is 1.75. The number of aryl methyl sites for hydroxylation is 3. The highest BCUT2D eigenvalue weighted by atomic mass is 16.5. The summed E-state index contributed by atoms with van der Waals surface area (Å²) in [6.07, 6.45) is 3.55. The minimum absolute atomic E-state index is 0.315. The van der Waals surface area contributed by atoms with E-state index in [1.54, 1.807) is 25.3 Å². The fourth-order valence-electron chi connectivity index (χ4n) is 2.76. The summed E-state index contributed by atoms with van der Waals surface area (Å²) in [4.78, 5) is 16.5. The summed E-state index contributed by atoms with van der Waals surface area (Å²) in [6, 6.07) is 11.5. The Labute approximate surface area is 152 Å². The lowest BCUT2D eigenvalue weighted by Gasteiger charge is -2.15. The third kappa shape index (κ3) is 3.91. The Bertz CT molecular complexity index is 878. The summed E-state index contributed by atoms with van der Waals surface area (Å²) in [6.45, 7) is 6.04. The predicted octanol–water partition coefficient (Wildman–Crippen LogP) is 4.50. The molecule has 1 aromatic carbocycles. The van der Waals surface area contributed by atoms with Gasteiger partial charge in [0.1, 0.15) is 11.5 Å². The van der Waals surface area contributed by atoms with Gasteiger partial charge in [0.2, 0.25) is 0 Å². The number of rotatable bonds is 6. The van der Waals surface area contributed by atoms with Gasteiger partial charge in [-0.1, -0.05) is 37.2 Å². The molecule has 2 N–H and O–H groups in total. The van der Waals surface area contributed by atoms with Gasteiger partial charge in [-0.25, -0.2) is 4.98 Å². The van der Waals surface area contributed by atoms with E-state index in [0.717, 1.165) is 24.2 Å². The molecule has 2 aromatic heterocycles. The first kappa shape index (κ1) is 17.7. The number of carbonyl (C=O) groups excluding carboxylic acids is 1. The first-order valence-corrected chi connectivity index (χ1v) is 8.69. The van der Waals surface area contributed by atoms with Crippen molar-refractivity contribution in [1.29, 1.82) is 0 Å². The SMILES string of the molecule is CCc1cccc(CC)c1Nc1ccc(C(=O)Nc2cc(C)on2)nc1. The number of anilines is 3. The van der Waals surface area contributed by atoms with Crippen LogP contribution in [0.5, 0.6) is 0 Å². The zero-order valence-corrected chi connectivity index (χ0v) is 15.2. The van der Waals surface area contributed by atoms with Crippen LogP contribution in [0.1, 0.15) is 41.2 Å². The molecule has 0 fully saturated rings. The van der Waals surface area contributed by atoms with Crippen molar-refractivity contribution in [3.05, 3.63) is 65.2 Å². The molecule has 0 aliphatic heterocycles. The van der Waals surface area contributed by atoms with Crippen LogP contribution in [0.2, 0.25) is 0 Å². The molecule has 0 bridgehead atoms. The Morgan fingerprint density at radius 3 is 2.38 bits per heavy atom. The van der Waals surface area contributed by atoms with Crippen molar-refractivity contribution in [2.24, 2.45) is 0 Å². The fourth-order valence-corrected chi connectivity index (χ4v) is 2.76. The van der Waals surface area contributed by atoms with Crippen molar-refractivity contribution in [3.63, 3.8) is 0 Å². The zero-order chi connectivity index (χ0) is 18.5. The molecule has 0 spiro atoms. The predicted molar refractivity (Wildman–Crippen MR) is 102 cm³/mol. The number of amides is 1. The van der Waals surface area contributed by atoms with E-state index in [2.05, 4.69) is 52.8 Å². The van der Waals surface area contributed by atoms with Crippen LogP contribution >= 0.6 is 0 Å². The van der Waals surface area contributed by atoms with Crippen molar-refractivity contribution in [3.8, 4) is 0 Å². The van der Waals surface area contributed by atoms with Gasteiger partial charge in [0.25, 0.3) is 5.91 Å². The Morgan fingerprint density at radius 1 is 1.12 bits per heavy atom. The van der Waals surface area contributed by atoms with Crippen molar-refractivity contribution >= 4 is 23.1 Å². The van der Waals surface area contributed by atoms with Crippen LogP contribution in [0.4, 0.5) is 17.2 Å². The molecule has 0 atom stereocenters. The van der Waals surface area contributed by atoms with Crippen LogP contribution in [0.15, 0.2) is 47.1 Å². The molecule has 0 aliphatic carbocycles. The molecule has 2 heterocycles. The summed E-state index contributed by atoms with van der Waals surface area (Å²) < 4.78 is 4.94. The molecular weight excluding hydrogens is 328 g/mol. The molecular formula is C20H22N4O2. The van der Waals surface area contributed by atoms with Crippen molar-refractivity contribution in [2.75, 3.05) is 10.6 Å². The number of nitrogens with one attached hydrogen (secondary N) is 2. The molecule has 3 rings (SSSR count). The normalized spacial score (nSPS) is 10.6. The number of benzene rings is 1.